The Hall–Kier alpha value is -0.0400. The van der Waals surface area contributed by atoms with Crippen LogP contribution in [-0.2, 0) is 0 Å². The molecule has 12 heavy (non-hydrogen) atoms. The Morgan fingerprint density at radius 2 is 1.75 bits per heavy atom. The predicted octanol–water partition coefficient (Wildman–Crippen LogP) is 2.76. The summed E-state index contributed by atoms with van der Waals surface area (Å²) >= 11 is 0. The lowest BCUT2D eigenvalue weighted by molar-refractivity contribution is 0.145. The molecule has 1 heteroatoms. The lowest BCUT2D eigenvalue weighted by Crippen LogP contribution is -2.40. The smallest absolute Gasteiger partial charge is 0.0147 e. The topological polar surface area (TPSA) is 3.24 Å². The second-order valence-electron chi connectivity index (χ2n) is 4.83. The zero-order valence-electron chi connectivity index (χ0n) is 9.17. The van der Waals surface area contributed by atoms with Gasteiger partial charge in [0, 0.05) is 12.1 Å². The van der Waals surface area contributed by atoms with Gasteiger partial charge in [-0.1, -0.05) is 20.8 Å². The lowest BCUT2D eigenvalue weighted by Gasteiger charge is -2.33. The number of likely N-dealkylation sites (tertiary alicyclic amines) is 1. The fraction of sp³-hybridized carbons (Fsp3) is 1.00. The maximum Gasteiger partial charge on any atom is 0.0147 e. The van der Waals surface area contributed by atoms with E-state index >= 15 is 0 Å². The highest BCUT2D eigenvalue weighted by molar-refractivity contribution is 4.88. The van der Waals surface area contributed by atoms with E-state index < -0.39 is 0 Å². The van der Waals surface area contributed by atoms with Crippen LogP contribution in [0.4, 0.5) is 0 Å². The summed E-state index contributed by atoms with van der Waals surface area (Å²) in [5.74, 6) is 1.71. The molecule has 0 aromatic rings. The van der Waals surface area contributed by atoms with E-state index in [1.807, 2.05) is 0 Å². The molecule has 0 radical (unpaired) electrons. The third-order valence-corrected chi connectivity index (χ3v) is 3.15. The molecule has 72 valence electrons. The Bertz CT molecular complexity index is 140. The van der Waals surface area contributed by atoms with Crippen molar-refractivity contribution in [3.63, 3.8) is 0 Å². The van der Waals surface area contributed by atoms with E-state index in [1.165, 1.54) is 13.0 Å². The van der Waals surface area contributed by atoms with Gasteiger partial charge >= 0.3 is 0 Å². The highest BCUT2D eigenvalue weighted by Crippen LogP contribution is 2.30. The van der Waals surface area contributed by atoms with Gasteiger partial charge in [0.25, 0.3) is 0 Å². The van der Waals surface area contributed by atoms with Crippen molar-refractivity contribution >= 4 is 0 Å². The Morgan fingerprint density at radius 3 is 2.08 bits per heavy atom. The predicted molar refractivity (Wildman–Crippen MR) is 54.2 cm³/mol. The summed E-state index contributed by atoms with van der Waals surface area (Å²) in [4.78, 5) is 2.66. The fourth-order valence-electron chi connectivity index (χ4n) is 2.64. The highest BCUT2D eigenvalue weighted by atomic mass is 15.2. The van der Waals surface area contributed by atoms with Crippen molar-refractivity contribution in [3.8, 4) is 0 Å². The SMILES string of the molecule is CC(C)[C@@H]1C(C)CCN1C(C)C. The van der Waals surface area contributed by atoms with Crippen LogP contribution in [0.5, 0.6) is 0 Å². The molecule has 0 amide bonds. The van der Waals surface area contributed by atoms with E-state index in [0.717, 1.165) is 23.9 Å². The lowest BCUT2D eigenvalue weighted by atomic mass is 9.92. The summed E-state index contributed by atoms with van der Waals surface area (Å²) < 4.78 is 0. The molecule has 1 fully saturated rings. The summed E-state index contributed by atoms with van der Waals surface area (Å²) in [6.45, 7) is 13.0. The number of hydrogen-bond donors (Lipinski definition) is 0. The molecule has 1 nitrogen and oxygen atoms in total. The summed E-state index contributed by atoms with van der Waals surface area (Å²) in [5, 5.41) is 0. The minimum absolute atomic E-state index is 0.724. The molecule has 2 atom stereocenters. The first-order valence-corrected chi connectivity index (χ1v) is 5.29. The molecular weight excluding hydrogens is 146 g/mol. The molecule has 0 aromatic carbocycles. The maximum atomic E-state index is 2.66. The Labute approximate surface area is 77.1 Å². The molecule has 0 spiro atoms. The number of rotatable bonds is 2. The second kappa shape index (κ2) is 3.78. The fourth-order valence-corrected chi connectivity index (χ4v) is 2.64. The van der Waals surface area contributed by atoms with Crippen LogP contribution in [0.1, 0.15) is 41.0 Å². The van der Waals surface area contributed by atoms with Crippen molar-refractivity contribution in [2.75, 3.05) is 6.54 Å². The first kappa shape index (κ1) is 10.0. The Morgan fingerprint density at radius 1 is 1.17 bits per heavy atom. The molecule has 1 aliphatic rings. The van der Waals surface area contributed by atoms with E-state index in [1.54, 1.807) is 0 Å². The molecule has 1 rings (SSSR count). The first-order valence-electron chi connectivity index (χ1n) is 5.29. The number of nitrogens with zero attached hydrogens (tertiary/aromatic N) is 1. The summed E-state index contributed by atoms with van der Waals surface area (Å²) in [7, 11) is 0. The van der Waals surface area contributed by atoms with Crippen molar-refractivity contribution < 1.29 is 0 Å². The van der Waals surface area contributed by atoms with Gasteiger partial charge in [0.15, 0.2) is 0 Å². The average Bonchev–Trinajstić information content (AvgIpc) is 2.30. The van der Waals surface area contributed by atoms with Crippen LogP contribution in [0.15, 0.2) is 0 Å². The van der Waals surface area contributed by atoms with Gasteiger partial charge in [0.1, 0.15) is 0 Å². The van der Waals surface area contributed by atoms with Crippen LogP contribution in [0.2, 0.25) is 0 Å². The summed E-state index contributed by atoms with van der Waals surface area (Å²) in [6, 6.07) is 1.55. The number of hydrogen-bond acceptors (Lipinski definition) is 1. The second-order valence-corrected chi connectivity index (χ2v) is 4.83. The Kier molecular flexibility index (Phi) is 3.16. The van der Waals surface area contributed by atoms with E-state index in [2.05, 4.69) is 39.5 Å². The largest absolute Gasteiger partial charge is 0.297 e. The molecule has 0 bridgehead atoms. The highest BCUT2D eigenvalue weighted by Gasteiger charge is 2.34. The summed E-state index contributed by atoms with van der Waals surface area (Å²) in [5.41, 5.74) is 0. The van der Waals surface area contributed by atoms with Gasteiger partial charge in [-0.2, -0.15) is 0 Å². The van der Waals surface area contributed by atoms with Crippen molar-refractivity contribution in [2.24, 2.45) is 11.8 Å². The average molecular weight is 169 g/mol. The van der Waals surface area contributed by atoms with Gasteiger partial charge in [-0.05, 0) is 38.6 Å². The minimum Gasteiger partial charge on any atom is -0.297 e. The van der Waals surface area contributed by atoms with E-state index in [0.29, 0.717) is 0 Å². The monoisotopic (exact) mass is 169 g/mol. The van der Waals surface area contributed by atoms with E-state index in [9.17, 15) is 0 Å². The maximum absolute atomic E-state index is 2.66. The molecule has 1 aliphatic heterocycles. The molecule has 1 heterocycles. The molecule has 0 saturated carbocycles. The molecule has 0 N–H and O–H groups in total. The van der Waals surface area contributed by atoms with Crippen LogP contribution in [0, 0.1) is 11.8 Å². The first-order chi connectivity index (χ1) is 5.54. The Balaban J connectivity index is 2.64. The molecule has 0 aromatic heterocycles. The summed E-state index contributed by atoms with van der Waals surface area (Å²) in [6.07, 6.45) is 1.39. The molecule has 1 unspecified atom stereocenters. The molecule has 1 saturated heterocycles. The van der Waals surface area contributed by atoms with Crippen LogP contribution < -0.4 is 0 Å². The third-order valence-electron chi connectivity index (χ3n) is 3.15. The zero-order chi connectivity index (χ0) is 9.30. The quantitative estimate of drug-likeness (QED) is 0.614. The van der Waals surface area contributed by atoms with Crippen molar-refractivity contribution in [1.82, 2.24) is 4.90 Å². The van der Waals surface area contributed by atoms with Gasteiger partial charge in [0.2, 0.25) is 0 Å². The van der Waals surface area contributed by atoms with Crippen LogP contribution >= 0.6 is 0 Å². The van der Waals surface area contributed by atoms with Gasteiger partial charge in [-0.3, -0.25) is 4.90 Å². The van der Waals surface area contributed by atoms with E-state index in [4.69, 9.17) is 0 Å². The third kappa shape index (κ3) is 1.82. The minimum atomic E-state index is 0.724. The molecular formula is C11H23N. The normalized spacial score (nSPS) is 32.2. The van der Waals surface area contributed by atoms with Crippen LogP contribution in [0.25, 0.3) is 0 Å². The van der Waals surface area contributed by atoms with Gasteiger partial charge in [0.05, 0.1) is 0 Å². The molecule has 0 aliphatic carbocycles. The van der Waals surface area contributed by atoms with Crippen LogP contribution in [-0.4, -0.2) is 23.5 Å². The van der Waals surface area contributed by atoms with Gasteiger partial charge < -0.3 is 0 Å². The van der Waals surface area contributed by atoms with Gasteiger partial charge in [-0.15, -0.1) is 0 Å². The standard InChI is InChI=1S/C11H23N/c1-8(2)11-10(5)6-7-12(11)9(3)4/h8-11H,6-7H2,1-5H3/t10?,11-/m1/s1. The van der Waals surface area contributed by atoms with Gasteiger partial charge in [-0.25, -0.2) is 0 Å². The van der Waals surface area contributed by atoms with Crippen LogP contribution in [0.3, 0.4) is 0 Å². The van der Waals surface area contributed by atoms with Crippen molar-refractivity contribution in [2.45, 2.75) is 53.1 Å². The van der Waals surface area contributed by atoms with E-state index in [-0.39, 0.29) is 0 Å². The zero-order valence-corrected chi connectivity index (χ0v) is 9.17. The van der Waals surface area contributed by atoms with Crippen molar-refractivity contribution in [3.05, 3.63) is 0 Å². The van der Waals surface area contributed by atoms with Crippen molar-refractivity contribution in [1.29, 1.82) is 0 Å².